The lowest BCUT2D eigenvalue weighted by Gasteiger charge is -2.44. The number of carbonyl (C=O) groups is 1. The number of aromatic nitrogens is 2. The molecule has 1 aromatic heterocycles. The average Bonchev–Trinajstić information content (AvgIpc) is 3.28. The third-order valence-corrected chi connectivity index (χ3v) is 6.33. The van der Waals surface area contributed by atoms with E-state index in [1.54, 1.807) is 13.3 Å². The highest BCUT2D eigenvalue weighted by molar-refractivity contribution is 5.88. The molecule has 8 heteroatoms. The molecule has 31 heavy (non-hydrogen) atoms. The largest absolute Gasteiger partial charge is 0.495 e. The van der Waals surface area contributed by atoms with Gasteiger partial charge in [0.1, 0.15) is 11.4 Å². The zero-order chi connectivity index (χ0) is 21.6. The SMILES string of the molecule is CCOC(=O)c1[nH]ncc1CN1CCC[C@@H](N2CCN(c3ccccc3OC)CC2)C1. The van der Waals surface area contributed by atoms with Crippen LogP contribution in [0.1, 0.15) is 35.8 Å². The molecule has 8 nitrogen and oxygen atoms in total. The van der Waals surface area contributed by atoms with Gasteiger partial charge >= 0.3 is 5.97 Å². The fourth-order valence-corrected chi connectivity index (χ4v) is 4.74. The number of piperidine rings is 1. The van der Waals surface area contributed by atoms with Crippen molar-refractivity contribution in [1.29, 1.82) is 0 Å². The molecule has 1 N–H and O–H groups in total. The molecule has 2 saturated heterocycles. The molecule has 1 aromatic carbocycles. The molecule has 0 aliphatic carbocycles. The van der Waals surface area contributed by atoms with Crippen LogP contribution in [0.15, 0.2) is 30.5 Å². The van der Waals surface area contributed by atoms with E-state index in [4.69, 9.17) is 9.47 Å². The number of nitrogens with zero attached hydrogens (tertiary/aromatic N) is 4. The van der Waals surface area contributed by atoms with Gasteiger partial charge in [-0.3, -0.25) is 14.9 Å². The van der Waals surface area contributed by atoms with Crippen LogP contribution in [0, 0.1) is 0 Å². The van der Waals surface area contributed by atoms with Gasteiger partial charge in [0.25, 0.3) is 0 Å². The van der Waals surface area contributed by atoms with Gasteiger partial charge in [0, 0.05) is 50.9 Å². The summed E-state index contributed by atoms with van der Waals surface area (Å²) in [7, 11) is 1.74. The molecule has 0 unspecified atom stereocenters. The number of piperazine rings is 1. The number of likely N-dealkylation sites (tertiary alicyclic amines) is 1. The first kappa shape index (κ1) is 21.6. The minimum Gasteiger partial charge on any atom is -0.495 e. The van der Waals surface area contributed by atoms with Gasteiger partial charge in [-0.05, 0) is 38.4 Å². The van der Waals surface area contributed by atoms with Crippen molar-refractivity contribution in [2.24, 2.45) is 0 Å². The molecule has 2 aromatic rings. The van der Waals surface area contributed by atoms with Crippen LogP contribution >= 0.6 is 0 Å². The van der Waals surface area contributed by atoms with Crippen LogP contribution in [0.3, 0.4) is 0 Å². The summed E-state index contributed by atoms with van der Waals surface area (Å²) >= 11 is 0. The van der Waals surface area contributed by atoms with E-state index in [9.17, 15) is 4.79 Å². The molecule has 0 bridgehead atoms. The van der Waals surface area contributed by atoms with Gasteiger partial charge < -0.3 is 14.4 Å². The van der Waals surface area contributed by atoms with Crippen molar-refractivity contribution in [2.45, 2.75) is 32.4 Å². The van der Waals surface area contributed by atoms with Gasteiger partial charge in [0.2, 0.25) is 0 Å². The highest BCUT2D eigenvalue weighted by Crippen LogP contribution is 2.29. The van der Waals surface area contributed by atoms with Crippen molar-refractivity contribution in [2.75, 3.05) is 57.9 Å². The number of hydrogen-bond acceptors (Lipinski definition) is 7. The number of nitrogens with one attached hydrogen (secondary N) is 1. The fraction of sp³-hybridized carbons (Fsp3) is 0.565. The van der Waals surface area contributed by atoms with Crippen molar-refractivity contribution in [1.82, 2.24) is 20.0 Å². The van der Waals surface area contributed by atoms with E-state index in [-0.39, 0.29) is 5.97 Å². The maximum Gasteiger partial charge on any atom is 0.356 e. The minimum atomic E-state index is -0.323. The van der Waals surface area contributed by atoms with Crippen molar-refractivity contribution in [3.8, 4) is 5.75 Å². The third-order valence-electron chi connectivity index (χ3n) is 6.33. The Morgan fingerprint density at radius 2 is 2.00 bits per heavy atom. The zero-order valence-electron chi connectivity index (χ0n) is 18.5. The summed E-state index contributed by atoms with van der Waals surface area (Å²) in [5, 5.41) is 6.88. The van der Waals surface area contributed by atoms with E-state index in [1.807, 2.05) is 19.1 Å². The second kappa shape index (κ2) is 10.2. The van der Waals surface area contributed by atoms with E-state index < -0.39 is 0 Å². The minimum absolute atomic E-state index is 0.323. The highest BCUT2D eigenvalue weighted by atomic mass is 16.5. The Morgan fingerprint density at radius 3 is 2.77 bits per heavy atom. The van der Waals surface area contributed by atoms with Gasteiger partial charge in [-0.2, -0.15) is 5.10 Å². The highest BCUT2D eigenvalue weighted by Gasteiger charge is 2.29. The first-order chi connectivity index (χ1) is 15.2. The molecule has 3 heterocycles. The lowest BCUT2D eigenvalue weighted by molar-refractivity contribution is 0.0514. The molecule has 2 fully saturated rings. The number of carbonyl (C=O) groups excluding carboxylic acids is 1. The summed E-state index contributed by atoms with van der Waals surface area (Å²) in [5.41, 5.74) is 2.58. The number of rotatable bonds is 7. The van der Waals surface area contributed by atoms with E-state index in [0.717, 1.165) is 57.1 Å². The fourth-order valence-electron chi connectivity index (χ4n) is 4.74. The average molecular weight is 428 g/mol. The lowest BCUT2D eigenvalue weighted by Crippen LogP contribution is -2.55. The molecule has 0 radical (unpaired) electrons. The van der Waals surface area contributed by atoms with E-state index in [0.29, 0.717) is 18.3 Å². The number of aromatic amines is 1. The lowest BCUT2D eigenvalue weighted by atomic mass is 10.0. The second-order valence-electron chi connectivity index (χ2n) is 8.22. The van der Waals surface area contributed by atoms with Crippen LogP contribution in [0.25, 0.3) is 0 Å². The van der Waals surface area contributed by atoms with Crippen LogP contribution in [0.4, 0.5) is 5.69 Å². The summed E-state index contributed by atoms with van der Waals surface area (Å²) in [5.74, 6) is 0.619. The molecular weight excluding hydrogens is 394 g/mol. The Hall–Kier alpha value is -2.58. The molecule has 1 atom stereocenters. The summed E-state index contributed by atoms with van der Waals surface area (Å²) in [4.78, 5) is 19.6. The number of para-hydroxylation sites is 2. The second-order valence-corrected chi connectivity index (χ2v) is 8.22. The summed E-state index contributed by atoms with van der Waals surface area (Å²) in [6.07, 6.45) is 4.15. The number of hydrogen-bond donors (Lipinski definition) is 1. The smallest absolute Gasteiger partial charge is 0.356 e. The predicted molar refractivity (Wildman–Crippen MR) is 120 cm³/mol. The van der Waals surface area contributed by atoms with E-state index >= 15 is 0 Å². The molecule has 0 saturated carbocycles. The van der Waals surface area contributed by atoms with Gasteiger partial charge in [-0.15, -0.1) is 0 Å². The summed E-state index contributed by atoms with van der Waals surface area (Å²) in [6, 6.07) is 8.81. The molecule has 168 valence electrons. The maximum atomic E-state index is 12.1. The van der Waals surface area contributed by atoms with Crippen molar-refractivity contribution in [3.05, 3.63) is 41.7 Å². The Morgan fingerprint density at radius 1 is 1.19 bits per heavy atom. The van der Waals surface area contributed by atoms with Crippen LogP contribution < -0.4 is 9.64 Å². The van der Waals surface area contributed by atoms with Gasteiger partial charge in [0.15, 0.2) is 0 Å². The zero-order valence-corrected chi connectivity index (χ0v) is 18.5. The third kappa shape index (κ3) is 5.02. The van der Waals surface area contributed by atoms with Gasteiger partial charge in [0.05, 0.1) is 25.6 Å². The van der Waals surface area contributed by atoms with Crippen LogP contribution in [0.2, 0.25) is 0 Å². The normalized spacial score (nSPS) is 20.6. The Balaban J connectivity index is 1.33. The van der Waals surface area contributed by atoms with Crippen molar-refractivity contribution < 1.29 is 14.3 Å². The number of esters is 1. The molecule has 4 rings (SSSR count). The predicted octanol–water partition coefficient (Wildman–Crippen LogP) is 2.38. The van der Waals surface area contributed by atoms with Crippen LogP contribution in [0.5, 0.6) is 5.75 Å². The molecule has 2 aliphatic rings. The number of ether oxygens (including phenoxy) is 2. The Labute approximate surface area is 184 Å². The first-order valence-electron chi connectivity index (χ1n) is 11.2. The summed E-state index contributed by atoms with van der Waals surface area (Å²) in [6.45, 7) is 9.08. The summed E-state index contributed by atoms with van der Waals surface area (Å²) < 4.78 is 10.7. The number of methoxy groups -OCH3 is 1. The molecular formula is C23H33N5O3. The van der Waals surface area contributed by atoms with E-state index in [2.05, 4.69) is 37.0 Å². The maximum absolute atomic E-state index is 12.1. The van der Waals surface area contributed by atoms with Gasteiger partial charge in [-0.1, -0.05) is 12.1 Å². The molecule has 0 amide bonds. The van der Waals surface area contributed by atoms with Crippen molar-refractivity contribution >= 4 is 11.7 Å². The Kier molecular flexibility index (Phi) is 7.09. The molecule has 2 aliphatic heterocycles. The van der Waals surface area contributed by atoms with Gasteiger partial charge in [-0.25, -0.2) is 4.79 Å². The number of anilines is 1. The Bertz CT molecular complexity index is 862. The number of H-pyrrole nitrogens is 1. The van der Waals surface area contributed by atoms with Crippen molar-refractivity contribution in [3.63, 3.8) is 0 Å². The first-order valence-corrected chi connectivity index (χ1v) is 11.2. The van der Waals surface area contributed by atoms with Crippen LogP contribution in [-0.4, -0.2) is 85.0 Å². The quantitative estimate of drug-likeness (QED) is 0.680. The standard InChI is InChI=1S/C23H33N5O3/c1-3-31-23(29)22-18(15-24-25-22)16-26-10-6-7-19(17-26)27-11-13-28(14-12-27)20-8-4-5-9-21(20)30-2/h4-5,8-9,15,19H,3,6-7,10-14,16-17H2,1-2H3,(H,24,25)/t19-/m1/s1. The topological polar surface area (TPSA) is 73.9 Å². The monoisotopic (exact) mass is 427 g/mol. The van der Waals surface area contributed by atoms with Crippen LogP contribution in [-0.2, 0) is 11.3 Å². The molecule has 0 spiro atoms. The van der Waals surface area contributed by atoms with E-state index in [1.165, 1.54) is 18.5 Å². The number of benzene rings is 1.